The number of carbonyl (C=O) groups excluding carboxylic acids is 1. The number of amides is 1. The number of H-pyrrole nitrogens is 1. The lowest BCUT2D eigenvalue weighted by atomic mass is 10.2. The van der Waals surface area contributed by atoms with E-state index in [-0.39, 0.29) is 6.61 Å². The van der Waals surface area contributed by atoms with Gasteiger partial charge in [-0.2, -0.15) is 5.10 Å². The monoisotopic (exact) mass is 231 g/mol. The third-order valence-electron chi connectivity index (χ3n) is 2.20. The van der Waals surface area contributed by atoms with Gasteiger partial charge >= 0.3 is 6.09 Å². The molecular formula is C12H13N3O2. The fourth-order valence-electron chi connectivity index (χ4n) is 1.32. The summed E-state index contributed by atoms with van der Waals surface area (Å²) in [7, 11) is 0. The predicted molar refractivity (Wildman–Crippen MR) is 62.1 cm³/mol. The van der Waals surface area contributed by atoms with Crippen LogP contribution in [0.2, 0.25) is 0 Å². The zero-order valence-electron chi connectivity index (χ0n) is 9.22. The molecule has 0 aliphatic carbocycles. The summed E-state index contributed by atoms with van der Waals surface area (Å²) >= 11 is 0. The molecule has 0 saturated heterocycles. The lowest BCUT2D eigenvalue weighted by molar-refractivity contribution is 0.139. The van der Waals surface area contributed by atoms with Gasteiger partial charge < -0.3 is 10.1 Å². The first-order valence-electron chi connectivity index (χ1n) is 5.27. The van der Waals surface area contributed by atoms with Crippen molar-refractivity contribution in [1.29, 1.82) is 0 Å². The quantitative estimate of drug-likeness (QED) is 0.843. The van der Waals surface area contributed by atoms with Crippen LogP contribution in [0.25, 0.3) is 0 Å². The van der Waals surface area contributed by atoms with Crippen LogP contribution in [0.1, 0.15) is 11.1 Å². The highest BCUT2D eigenvalue weighted by atomic mass is 16.5. The maximum Gasteiger partial charge on any atom is 0.407 e. The van der Waals surface area contributed by atoms with Crippen molar-refractivity contribution in [1.82, 2.24) is 15.5 Å². The minimum Gasteiger partial charge on any atom is -0.445 e. The van der Waals surface area contributed by atoms with Gasteiger partial charge in [-0.25, -0.2) is 4.79 Å². The molecule has 0 aliphatic heterocycles. The van der Waals surface area contributed by atoms with Gasteiger partial charge in [0.1, 0.15) is 6.61 Å². The van der Waals surface area contributed by atoms with Crippen molar-refractivity contribution in [3.05, 3.63) is 53.9 Å². The first-order valence-corrected chi connectivity index (χ1v) is 5.27. The molecule has 2 aromatic rings. The largest absolute Gasteiger partial charge is 0.445 e. The molecule has 0 radical (unpaired) electrons. The van der Waals surface area contributed by atoms with Crippen molar-refractivity contribution < 1.29 is 9.53 Å². The van der Waals surface area contributed by atoms with E-state index in [1.54, 1.807) is 12.4 Å². The van der Waals surface area contributed by atoms with Crippen molar-refractivity contribution in [3.63, 3.8) is 0 Å². The van der Waals surface area contributed by atoms with Gasteiger partial charge in [0.25, 0.3) is 0 Å². The van der Waals surface area contributed by atoms with Crippen molar-refractivity contribution in [2.24, 2.45) is 0 Å². The zero-order chi connectivity index (χ0) is 11.9. The van der Waals surface area contributed by atoms with Crippen LogP contribution in [0.3, 0.4) is 0 Å². The molecule has 0 spiro atoms. The molecule has 0 fully saturated rings. The Labute approximate surface area is 98.8 Å². The van der Waals surface area contributed by atoms with Crippen LogP contribution >= 0.6 is 0 Å². The summed E-state index contributed by atoms with van der Waals surface area (Å²) in [6, 6.07) is 9.54. The van der Waals surface area contributed by atoms with Crippen LogP contribution < -0.4 is 5.32 Å². The number of aromatic nitrogens is 2. The second-order valence-electron chi connectivity index (χ2n) is 3.52. The summed E-state index contributed by atoms with van der Waals surface area (Å²) in [5, 5.41) is 9.08. The number of carbonyl (C=O) groups is 1. The first-order chi connectivity index (χ1) is 8.34. The van der Waals surface area contributed by atoms with E-state index in [9.17, 15) is 4.79 Å². The number of nitrogens with zero attached hydrogens (tertiary/aromatic N) is 1. The Hall–Kier alpha value is -2.30. The van der Waals surface area contributed by atoms with Gasteiger partial charge in [0.15, 0.2) is 0 Å². The fourth-order valence-corrected chi connectivity index (χ4v) is 1.32. The van der Waals surface area contributed by atoms with Crippen LogP contribution in [0, 0.1) is 0 Å². The van der Waals surface area contributed by atoms with E-state index >= 15 is 0 Å². The minimum absolute atomic E-state index is 0.276. The van der Waals surface area contributed by atoms with Crippen molar-refractivity contribution >= 4 is 6.09 Å². The Morgan fingerprint density at radius 1 is 1.29 bits per heavy atom. The second kappa shape index (κ2) is 5.69. The zero-order valence-corrected chi connectivity index (χ0v) is 9.22. The first kappa shape index (κ1) is 11.2. The Bertz CT molecular complexity index is 454. The number of nitrogens with one attached hydrogen (secondary N) is 2. The van der Waals surface area contributed by atoms with Gasteiger partial charge in [0, 0.05) is 18.3 Å². The molecular weight excluding hydrogens is 218 g/mol. The smallest absolute Gasteiger partial charge is 0.407 e. The molecule has 88 valence electrons. The molecule has 1 heterocycles. The average Bonchev–Trinajstić information content (AvgIpc) is 2.88. The van der Waals surface area contributed by atoms with E-state index in [4.69, 9.17) is 4.74 Å². The van der Waals surface area contributed by atoms with Gasteiger partial charge in [-0.1, -0.05) is 30.3 Å². The van der Waals surface area contributed by atoms with E-state index < -0.39 is 6.09 Å². The van der Waals surface area contributed by atoms with E-state index in [0.717, 1.165) is 11.1 Å². The fraction of sp³-hybridized carbons (Fsp3) is 0.167. The van der Waals surface area contributed by atoms with Crippen LogP contribution in [0.5, 0.6) is 0 Å². The molecule has 1 aromatic heterocycles. The summed E-state index contributed by atoms with van der Waals surface area (Å²) in [5.41, 5.74) is 1.87. The Morgan fingerprint density at radius 3 is 2.82 bits per heavy atom. The summed E-state index contributed by atoms with van der Waals surface area (Å²) in [6.45, 7) is 0.683. The molecule has 5 heteroatoms. The predicted octanol–water partition coefficient (Wildman–Crippen LogP) is 1.84. The Balaban J connectivity index is 1.71. The van der Waals surface area contributed by atoms with E-state index in [1.807, 2.05) is 30.3 Å². The average molecular weight is 231 g/mol. The normalized spacial score (nSPS) is 9.88. The van der Waals surface area contributed by atoms with Crippen LogP contribution in [-0.2, 0) is 17.9 Å². The van der Waals surface area contributed by atoms with Gasteiger partial charge in [-0.15, -0.1) is 0 Å². The molecule has 1 aromatic carbocycles. The second-order valence-corrected chi connectivity index (χ2v) is 3.52. The molecule has 1 amide bonds. The Kier molecular flexibility index (Phi) is 3.75. The highest BCUT2D eigenvalue weighted by Gasteiger charge is 2.02. The maximum atomic E-state index is 11.3. The van der Waals surface area contributed by atoms with Crippen LogP contribution in [0.4, 0.5) is 4.79 Å². The van der Waals surface area contributed by atoms with Gasteiger partial charge in [0.2, 0.25) is 0 Å². The van der Waals surface area contributed by atoms with Gasteiger partial charge in [-0.05, 0) is 5.56 Å². The standard InChI is InChI=1S/C12H13N3O2/c16-12(13-6-11-7-14-15-8-11)17-9-10-4-2-1-3-5-10/h1-5,7-8H,6,9H2,(H,13,16)(H,14,15). The van der Waals surface area contributed by atoms with E-state index in [0.29, 0.717) is 6.54 Å². The van der Waals surface area contributed by atoms with E-state index in [2.05, 4.69) is 15.5 Å². The lowest BCUT2D eigenvalue weighted by Gasteiger charge is -2.05. The number of hydrogen-bond donors (Lipinski definition) is 2. The van der Waals surface area contributed by atoms with Gasteiger partial charge in [-0.3, -0.25) is 5.10 Å². The van der Waals surface area contributed by atoms with Crippen molar-refractivity contribution in [2.45, 2.75) is 13.2 Å². The number of hydrogen-bond acceptors (Lipinski definition) is 3. The molecule has 0 atom stereocenters. The topological polar surface area (TPSA) is 67.0 Å². The minimum atomic E-state index is -0.435. The van der Waals surface area contributed by atoms with Crippen molar-refractivity contribution in [3.8, 4) is 0 Å². The summed E-state index contributed by atoms with van der Waals surface area (Å²) < 4.78 is 5.05. The SMILES string of the molecule is O=C(NCc1cn[nH]c1)OCc1ccccc1. The number of benzene rings is 1. The summed E-state index contributed by atoms with van der Waals surface area (Å²) in [6.07, 6.45) is 2.93. The number of alkyl carbamates (subject to hydrolysis) is 1. The molecule has 0 saturated carbocycles. The summed E-state index contributed by atoms with van der Waals surface area (Å²) in [4.78, 5) is 11.3. The lowest BCUT2D eigenvalue weighted by Crippen LogP contribution is -2.23. The van der Waals surface area contributed by atoms with Gasteiger partial charge in [0.05, 0.1) is 6.20 Å². The number of rotatable bonds is 4. The number of ether oxygens (including phenoxy) is 1. The third-order valence-corrected chi connectivity index (χ3v) is 2.20. The molecule has 17 heavy (non-hydrogen) atoms. The van der Waals surface area contributed by atoms with Crippen LogP contribution in [-0.4, -0.2) is 16.3 Å². The molecule has 5 nitrogen and oxygen atoms in total. The highest BCUT2D eigenvalue weighted by molar-refractivity contribution is 5.67. The molecule has 2 N–H and O–H groups in total. The Morgan fingerprint density at radius 2 is 2.12 bits per heavy atom. The maximum absolute atomic E-state index is 11.3. The molecule has 2 rings (SSSR count). The highest BCUT2D eigenvalue weighted by Crippen LogP contribution is 2.00. The van der Waals surface area contributed by atoms with E-state index in [1.165, 1.54) is 0 Å². The molecule has 0 unspecified atom stereocenters. The third kappa shape index (κ3) is 3.64. The molecule has 0 bridgehead atoms. The van der Waals surface area contributed by atoms with Crippen LogP contribution in [0.15, 0.2) is 42.7 Å². The summed E-state index contributed by atoms with van der Waals surface area (Å²) in [5.74, 6) is 0. The number of aromatic amines is 1. The molecule has 0 aliphatic rings. The van der Waals surface area contributed by atoms with Crippen molar-refractivity contribution in [2.75, 3.05) is 0 Å².